The molecule has 10 nitrogen and oxygen atoms in total. The fourth-order valence-electron chi connectivity index (χ4n) is 4.52. The predicted molar refractivity (Wildman–Crippen MR) is 149 cm³/mol. The predicted octanol–water partition coefficient (Wildman–Crippen LogP) is 2.84. The molecule has 0 spiro atoms. The van der Waals surface area contributed by atoms with E-state index in [0.717, 1.165) is 15.7 Å². The lowest BCUT2D eigenvalue weighted by Gasteiger charge is -2.17. The van der Waals surface area contributed by atoms with Gasteiger partial charge in [-0.3, -0.25) is 23.5 Å². The van der Waals surface area contributed by atoms with Gasteiger partial charge in [0.15, 0.2) is 11.5 Å². The highest BCUT2D eigenvalue weighted by atomic mass is 16.5. The average Bonchev–Trinajstić information content (AvgIpc) is 2.91. The monoisotopic (exact) mass is 530 g/mol. The smallest absolute Gasteiger partial charge is 0.332 e. The lowest BCUT2D eigenvalue weighted by Crippen LogP contribution is -2.42. The lowest BCUT2D eigenvalue weighted by molar-refractivity contribution is -0.116. The van der Waals surface area contributed by atoms with Crippen LogP contribution in [0.15, 0.2) is 64.2 Å². The van der Waals surface area contributed by atoms with Gasteiger partial charge in [-0.25, -0.2) is 4.79 Å². The highest BCUT2D eigenvalue weighted by Gasteiger charge is 2.19. The van der Waals surface area contributed by atoms with E-state index < -0.39 is 17.2 Å². The molecule has 0 saturated heterocycles. The molecule has 0 unspecified atom stereocenters. The van der Waals surface area contributed by atoms with Crippen LogP contribution < -0.4 is 31.4 Å². The van der Waals surface area contributed by atoms with Gasteiger partial charge in [0.05, 0.1) is 31.7 Å². The first-order valence-corrected chi connectivity index (χ1v) is 12.2. The number of nitrogens with zero attached hydrogens (tertiary/aromatic N) is 2. The standard InChI is InChI=1S/C29H30N4O6/c1-17-10-18(2)12-21(11-17)31-26(34)16-32-23-14-25(39-5)24(38-4)13-22(23)28(36)33(29(32)37)15-19-6-8-20(9-7-19)27(35)30-3/h6-14H,15-16H2,1-5H3,(H,30,35)(H,31,34). The van der Waals surface area contributed by atoms with E-state index in [9.17, 15) is 19.2 Å². The van der Waals surface area contributed by atoms with Gasteiger partial charge >= 0.3 is 5.69 Å². The number of nitrogens with one attached hydrogen (secondary N) is 2. The van der Waals surface area contributed by atoms with E-state index in [1.54, 1.807) is 24.3 Å². The molecule has 0 bridgehead atoms. The summed E-state index contributed by atoms with van der Waals surface area (Å²) in [5.74, 6) is -0.0516. The van der Waals surface area contributed by atoms with Crippen molar-refractivity contribution in [1.29, 1.82) is 0 Å². The molecule has 1 heterocycles. The van der Waals surface area contributed by atoms with E-state index in [1.165, 1.54) is 38.0 Å². The summed E-state index contributed by atoms with van der Waals surface area (Å²) in [6.45, 7) is 3.46. The zero-order valence-electron chi connectivity index (χ0n) is 22.5. The van der Waals surface area contributed by atoms with Gasteiger partial charge in [0, 0.05) is 24.4 Å². The number of fused-ring (bicyclic) bond motifs is 1. The van der Waals surface area contributed by atoms with Crippen LogP contribution >= 0.6 is 0 Å². The van der Waals surface area contributed by atoms with Crippen LogP contribution in [0.3, 0.4) is 0 Å². The quantitative estimate of drug-likeness (QED) is 0.362. The highest BCUT2D eigenvalue weighted by molar-refractivity contribution is 5.94. The minimum Gasteiger partial charge on any atom is -0.493 e. The maximum absolute atomic E-state index is 13.7. The second-order valence-corrected chi connectivity index (χ2v) is 9.18. The molecule has 10 heteroatoms. The summed E-state index contributed by atoms with van der Waals surface area (Å²) in [5, 5.41) is 5.58. The molecule has 0 atom stereocenters. The molecule has 0 aliphatic rings. The van der Waals surface area contributed by atoms with Gasteiger partial charge < -0.3 is 20.1 Å². The molecule has 202 valence electrons. The molecular weight excluding hydrogens is 500 g/mol. The number of hydrogen-bond acceptors (Lipinski definition) is 6. The first-order valence-electron chi connectivity index (χ1n) is 12.2. The molecule has 0 radical (unpaired) electrons. The molecule has 1 aromatic heterocycles. The topological polar surface area (TPSA) is 121 Å². The third-order valence-corrected chi connectivity index (χ3v) is 6.32. The second kappa shape index (κ2) is 11.3. The van der Waals surface area contributed by atoms with Crippen molar-refractivity contribution >= 4 is 28.4 Å². The van der Waals surface area contributed by atoms with Crippen molar-refractivity contribution in [2.75, 3.05) is 26.6 Å². The largest absolute Gasteiger partial charge is 0.493 e. The van der Waals surface area contributed by atoms with Crippen molar-refractivity contribution in [2.45, 2.75) is 26.9 Å². The normalized spacial score (nSPS) is 10.8. The number of amides is 2. The molecule has 0 saturated carbocycles. The fraction of sp³-hybridized carbons (Fsp3) is 0.241. The summed E-state index contributed by atoms with van der Waals surface area (Å²) in [4.78, 5) is 52.2. The minimum atomic E-state index is -0.661. The lowest BCUT2D eigenvalue weighted by atomic mass is 10.1. The van der Waals surface area contributed by atoms with E-state index >= 15 is 0 Å². The SMILES string of the molecule is CNC(=O)c1ccc(Cn2c(=O)c3cc(OC)c(OC)cc3n(CC(=O)Nc3cc(C)cc(C)c3)c2=O)cc1. The van der Waals surface area contributed by atoms with Crippen molar-refractivity contribution in [3.63, 3.8) is 0 Å². The Morgan fingerprint density at radius 3 is 2.05 bits per heavy atom. The third kappa shape index (κ3) is 5.69. The van der Waals surface area contributed by atoms with E-state index in [-0.39, 0.29) is 29.9 Å². The van der Waals surface area contributed by atoms with Gasteiger partial charge in [-0.15, -0.1) is 0 Å². The number of methoxy groups -OCH3 is 2. The Morgan fingerprint density at radius 2 is 1.46 bits per heavy atom. The number of aryl methyl sites for hydroxylation is 2. The molecule has 3 aromatic carbocycles. The van der Waals surface area contributed by atoms with E-state index in [4.69, 9.17) is 9.47 Å². The minimum absolute atomic E-state index is 0.0608. The van der Waals surface area contributed by atoms with E-state index in [1.807, 2.05) is 32.0 Å². The number of benzene rings is 3. The van der Waals surface area contributed by atoms with Crippen LogP contribution in [-0.2, 0) is 17.9 Å². The Hall–Kier alpha value is -4.86. The van der Waals surface area contributed by atoms with Crippen LogP contribution in [0.1, 0.15) is 27.0 Å². The van der Waals surface area contributed by atoms with Gasteiger partial charge in [-0.1, -0.05) is 18.2 Å². The molecule has 0 aliphatic heterocycles. The Morgan fingerprint density at radius 1 is 0.846 bits per heavy atom. The number of ether oxygens (including phenoxy) is 2. The first kappa shape index (κ1) is 27.2. The Kier molecular flexibility index (Phi) is 7.85. The zero-order chi connectivity index (χ0) is 28.3. The number of carbonyl (C=O) groups is 2. The van der Waals surface area contributed by atoms with Crippen molar-refractivity contribution in [2.24, 2.45) is 0 Å². The summed E-state index contributed by atoms with van der Waals surface area (Å²) in [6, 6.07) is 15.3. The number of carbonyl (C=O) groups excluding carboxylic acids is 2. The number of rotatable bonds is 8. The third-order valence-electron chi connectivity index (χ3n) is 6.32. The fourth-order valence-corrected chi connectivity index (χ4v) is 4.52. The Bertz CT molecular complexity index is 1670. The first-order chi connectivity index (χ1) is 18.6. The summed E-state index contributed by atoms with van der Waals surface area (Å²) in [7, 11) is 4.43. The number of anilines is 1. The molecular formula is C29H30N4O6. The molecule has 0 aliphatic carbocycles. The summed E-state index contributed by atoms with van der Waals surface area (Å²) in [6.07, 6.45) is 0. The molecule has 4 rings (SSSR count). The van der Waals surface area contributed by atoms with Gasteiger partial charge in [-0.05, 0) is 60.9 Å². The maximum Gasteiger partial charge on any atom is 0.332 e. The van der Waals surface area contributed by atoms with E-state index in [2.05, 4.69) is 10.6 Å². The molecule has 0 fully saturated rings. The summed E-state index contributed by atoms with van der Waals surface area (Å²) in [5.41, 5.74) is 2.70. The average molecular weight is 531 g/mol. The molecule has 39 heavy (non-hydrogen) atoms. The van der Waals surface area contributed by atoms with Gasteiger partial charge in [-0.2, -0.15) is 0 Å². The zero-order valence-corrected chi connectivity index (χ0v) is 22.5. The van der Waals surface area contributed by atoms with Crippen LogP contribution in [0.5, 0.6) is 11.5 Å². The van der Waals surface area contributed by atoms with Crippen molar-refractivity contribution in [1.82, 2.24) is 14.5 Å². The second-order valence-electron chi connectivity index (χ2n) is 9.18. The molecule has 4 aromatic rings. The van der Waals surface area contributed by atoms with Gasteiger partial charge in [0.2, 0.25) is 5.91 Å². The molecule has 2 N–H and O–H groups in total. The number of aromatic nitrogens is 2. The summed E-state index contributed by atoms with van der Waals surface area (Å²) < 4.78 is 13.1. The van der Waals surface area contributed by atoms with Crippen LogP contribution in [0.25, 0.3) is 10.9 Å². The van der Waals surface area contributed by atoms with Crippen LogP contribution in [0, 0.1) is 13.8 Å². The van der Waals surface area contributed by atoms with Crippen LogP contribution in [0.4, 0.5) is 5.69 Å². The number of hydrogen-bond donors (Lipinski definition) is 2. The maximum atomic E-state index is 13.7. The highest BCUT2D eigenvalue weighted by Crippen LogP contribution is 2.30. The van der Waals surface area contributed by atoms with Crippen molar-refractivity contribution < 1.29 is 19.1 Å². The molecule has 2 amide bonds. The van der Waals surface area contributed by atoms with Gasteiger partial charge in [0.25, 0.3) is 11.5 Å². The van der Waals surface area contributed by atoms with Crippen molar-refractivity contribution in [3.05, 3.63) is 97.7 Å². The van der Waals surface area contributed by atoms with E-state index in [0.29, 0.717) is 28.3 Å². The van der Waals surface area contributed by atoms with Crippen LogP contribution in [-0.4, -0.2) is 42.2 Å². The summed E-state index contributed by atoms with van der Waals surface area (Å²) >= 11 is 0. The Labute approximate surface area is 224 Å². The van der Waals surface area contributed by atoms with Crippen molar-refractivity contribution in [3.8, 4) is 11.5 Å². The van der Waals surface area contributed by atoms with Gasteiger partial charge in [0.1, 0.15) is 6.54 Å². The van der Waals surface area contributed by atoms with Crippen LogP contribution in [0.2, 0.25) is 0 Å². The Balaban J connectivity index is 1.82.